The minimum atomic E-state index is -0.291. The molecule has 0 fully saturated rings. The average Bonchev–Trinajstić information content (AvgIpc) is 2.38. The van der Waals surface area contributed by atoms with Crippen LogP contribution in [0.25, 0.3) is 0 Å². The highest BCUT2D eigenvalue weighted by molar-refractivity contribution is 6.35. The molecular formula is C14H11Cl2NO2. The van der Waals surface area contributed by atoms with Crippen molar-refractivity contribution in [1.82, 2.24) is 0 Å². The Kier molecular flexibility index (Phi) is 4.43. The quantitative estimate of drug-likeness (QED) is 0.906. The second-order valence-electron chi connectivity index (χ2n) is 3.97. The Morgan fingerprint density at radius 2 is 1.63 bits per heavy atom. The molecule has 0 aliphatic rings. The van der Waals surface area contributed by atoms with E-state index in [1.54, 1.807) is 42.5 Å². The second-order valence-corrected chi connectivity index (χ2v) is 4.84. The Morgan fingerprint density at radius 1 is 1.05 bits per heavy atom. The summed E-state index contributed by atoms with van der Waals surface area (Å²) in [6.45, 7) is -0.0296. The first-order chi connectivity index (χ1) is 9.08. The molecule has 0 saturated heterocycles. The molecule has 0 unspecified atom stereocenters. The van der Waals surface area contributed by atoms with Crippen LogP contribution in [0, 0.1) is 0 Å². The SMILES string of the molecule is O=C(Nc1ccc(CO)cc1)c1cc(Cl)cc(Cl)c1. The number of carbonyl (C=O) groups excluding carboxylic acids is 1. The fraction of sp³-hybridized carbons (Fsp3) is 0.0714. The lowest BCUT2D eigenvalue weighted by Crippen LogP contribution is -2.11. The molecule has 0 bridgehead atoms. The third-order valence-corrected chi connectivity index (χ3v) is 2.96. The van der Waals surface area contributed by atoms with E-state index in [1.165, 1.54) is 0 Å². The maximum Gasteiger partial charge on any atom is 0.255 e. The van der Waals surface area contributed by atoms with E-state index in [0.717, 1.165) is 5.56 Å². The summed E-state index contributed by atoms with van der Waals surface area (Å²) in [4.78, 5) is 12.0. The molecule has 1 amide bonds. The predicted molar refractivity (Wildman–Crippen MR) is 76.8 cm³/mol. The minimum absolute atomic E-state index is 0.0296. The smallest absolute Gasteiger partial charge is 0.255 e. The van der Waals surface area contributed by atoms with Crippen molar-refractivity contribution in [3.8, 4) is 0 Å². The number of aliphatic hydroxyl groups is 1. The van der Waals surface area contributed by atoms with Gasteiger partial charge in [0.1, 0.15) is 0 Å². The topological polar surface area (TPSA) is 49.3 Å². The first-order valence-electron chi connectivity index (χ1n) is 5.56. The number of hydrogen-bond acceptors (Lipinski definition) is 2. The number of benzene rings is 2. The molecule has 0 aromatic heterocycles. The normalized spacial score (nSPS) is 10.3. The molecule has 98 valence electrons. The van der Waals surface area contributed by atoms with Gasteiger partial charge in [0.25, 0.3) is 5.91 Å². The summed E-state index contributed by atoms with van der Waals surface area (Å²) in [7, 11) is 0. The van der Waals surface area contributed by atoms with Crippen LogP contribution in [-0.2, 0) is 6.61 Å². The molecule has 0 heterocycles. The molecule has 2 rings (SSSR count). The van der Waals surface area contributed by atoms with Crippen LogP contribution in [0.4, 0.5) is 5.69 Å². The molecule has 0 spiro atoms. The summed E-state index contributed by atoms with van der Waals surface area (Å²) in [6.07, 6.45) is 0. The minimum Gasteiger partial charge on any atom is -0.392 e. The van der Waals surface area contributed by atoms with E-state index in [1.807, 2.05) is 0 Å². The summed E-state index contributed by atoms with van der Waals surface area (Å²) in [5.41, 5.74) is 1.81. The zero-order valence-corrected chi connectivity index (χ0v) is 11.4. The van der Waals surface area contributed by atoms with Crippen LogP contribution < -0.4 is 5.32 Å². The molecule has 0 aliphatic carbocycles. The summed E-state index contributed by atoms with van der Waals surface area (Å²) in [6, 6.07) is 11.6. The third-order valence-electron chi connectivity index (χ3n) is 2.52. The monoisotopic (exact) mass is 295 g/mol. The van der Waals surface area contributed by atoms with Crippen LogP contribution in [0.3, 0.4) is 0 Å². The molecule has 3 nitrogen and oxygen atoms in total. The summed E-state index contributed by atoms with van der Waals surface area (Å²) in [5, 5.41) is 12.5. The van der Waals surface area contributed by atoms with Crippen LogP contribution in [0.5, 0.6) is 0 Å². The van der Waals surface area contributed by atoms with Crippen molar-refractivity contribution >= 4 is 34.8 Å². The summed E-state index contributed by atoms with van der Waals surface area (Å²) < 4.78 is 0. The van der Waals surface area contributed by atoms with Gasteiger partial charge in [-0.15, -0.1) is 0 Å². The fourth-order valence-corrected chi connectivity index (χ4v) is 2.11. The van der Waals surface area contributed by atoms with E-state index in [2.05, 4.69) is 5.32 Å². The Morgan fingerprint density at radius 3 is 2.16 bits per heavy atom. The maximum absolute atomic E-state index is 12.0. The molecule has 5 heteroatoms. The van der Waals surface area contributed by atoms with Crippen molar-refractivity contribution in [3.63, 3.8) is 0 Å². The lowest BCUT2D eigenvalue weighted by Gasteiger charge is -2.06. The number of anilines is 1. The highest BCUT2D eigenvalue weighted by Gasteiger charge is 2.08. The number of rotatable bonds is 3. The van der Waals surface area contributed by atoms with Crippen molar-refractivity contribution in [2.24, 2.45) is 0 Å². The van der Waals surface area contributed by atoms with Gasteiger partial charge in [-0.25, -0.2) is 0 Å². The third kappa shape index (κ3) is 3.70. The molecule has 2 aromatic carbocycles. The molecule has 0 saturated carbocycles. The van der Waals surface area contributed by atoms with Gasteiger partial charge < -0.3 is 10.4 Å². The van der Waals surface area contributed by atoms with Crippen LogP contribution in [0.1, 0.15) is 15.9 Å². The van der Waals surface area contributed by atoms with Gasteiger partial charge in [0.15, 0.2) is 0 Å². The zero-order chi connectivity index (χ0) is 13.8. The van der Waals surface area contributed by atoms with E-state index >= 15 is 0 Å². The van der Waals surface area contributed by atoms with Crippen LogP contribution in [0.2, 0.25) is 10.0 Å². The van der Waals surface area contributed by atoms with Crippen molar-refractivity contribution in [1.29, 1.82) is 0 Å². The van der Waals surface area contributed by atoms with Crippen LogP contribution in [-0.4, -0.2) is 11.0 Å². The molecule has 2 N–H and O–H groups in total. The van der Waals surface area contributed by atoms with E-state index in [-0.39, 0.29) is 12.5 Å². The molecule has 0 atom stereocenters. The number of aliphatic hydroxyl groups excluding tert-OH is 1. The van der Waals surface area contributed by atoms with Crippen LogP contribution >= 0.6 is 23.2 Å². The van der Waals surface area contributed by atoms with E-state index < -0.39 is 0 Å². The number of amides is 1. The summed E-state index contributed by atoms with van der Waals surface area (Å²) >= 11 is 11.7. The van der Waals surface area contributed by atoms with Gasteiger partial charge in [0, 0.05) is 21.3 Å². The van der Waals surface area contributed by atoms with Gasteiger partial charge in [-0.2, -0.15) is 0 Å². The van der Waals surface area contributed by atoms with Crippen molar-refractivity contribution in [2.75, 3.05) is 5.32 Å². The molecule has 2 aromatic rings. The average molecular weight is 296 g/mol. The van der Waals surface area contributed by atoms with Gasteiger partial charge in [-0.05, 0) is 35.9 Å². The number of halogens is 2. The van der Waals surface area contributed by atoms with E-state index in [4.69, 9.17) is 28.3 Å². The largest absolute Gasteiger partial charge is 0.392 e. The first-order valence-corrected chi connectivity index (χ1v) is 6.31. The lowest BCUT2D eigenvalue weighted by molar-refractivity contribution is 0.102. The number of hydrogen-bond donors (Lipinski definition) is 2. The van der Waals surface area contributed by atoms with Gasteiger partial charge in [-0.3, -0.25) is 4.79 Å². The summed E-state index contributed by atoms with van der Waals surface area (Å²) in [5.74, 6) is -0.291. The van der Waals surface area contributed by atoms with Gasteiger partial charge in [0.05, 0.1) is 6.61 Å². The number of nitrogens with one attached hydrogen (secondary N) is 1. The maximum atomic E-state index is 12.0. The van der Waals surface area contributed by atoms with Gasteiger partial charge in [0.2, 0.25) is 0 Å². The van der Waals surface area contributed by atoms with Crippen molar-refractivity contribution in [3.05, 3.63) is 63.6 Å². The fourth-order valence-electron chi connectivity index (χ4n) is 1.58. The zero-order valence-electron chi connectivity index (χ0n) is 9.86. The molecule has 19 heavy (non-hydrogen) atoms. The standard InChI is InChI=1S/C14H11Cl2NO2/c15-11-5-10(6-12(16)7-11)14(19)17-13-3-1-9(8-18)2-4-13/h1-7,18H,8H2,(H,17,19). The van der Waals surface area contributed by atoms with Gasteiger partial charge in [-0.1, -0.05) is 35.3 Å². The Hall–Kier alpha value is -1.55. The van der Waals surface area contributed by atoms with Gasteiger partial charge >= 0.3 is 0 Å². The number of carbonyl (C=O) groups is 1. The lowest BCUT2D eigenvalue weighted by atomic mass is 10.2. The molecule has 0 radical (unpaired) electrons. The molecular weight excluding hydrogens is 285 g/mol. The Bertz CT molecular complexity index is 577. The highest BCUT2D eigenvalue weighted by Crippen LogP contribution is 2.20. The molecule has 0 aliphatic heterocycles. The predicted octanol–water partition coefficient (Wildman–Crippen LogP) is 3.74. The van der Waals surface area contributed by atoms with E-state index in [0.29, 0.717) is 21.3 Å². The first kappa shape index (κ1) is 13.9. The highest BCUT2D eigenvalue weighted by atomic mass is 35.5. The van der Waals surface area contributed by atoms with Crippen molar-refractivity contribution < 1.29 is 9.90 Å². The van der Waals surface area contributed by atoms with E-state index in [9.17, 15) is 4.79 Å². The Labute approximate surface area is 120 Å². The Balaban J connectivity index is 2.15. The second kappa shape index (κ2) is 6.06. The van der Waals surface area contributed by atoms with Crippen LogP contribution in [0.15, 0.2) is 42.5 Å². The van der Waals surface area contributed by atoms with Crippen molar-refractivity contribution in [2.45, 2.75) is 6.61 Å².